The Kier molecular flexibility index (Phi) is 9.95. The Balaban J connectivity index is 1.70. The summed E-state index contributed by atoms with van der Waals surface area (Å²) < 4.78 is 17.9. The molecule has 1 aliphatic heterocycles. The first-order valence-electron chi connectivity index (χ1n) is 13.0. The third-order valence-corrected chi connectivity index (χ3v) is 7.33. The maximum atomic E-state index is 14.2. The van der Waals surface area contributed by atoms with E-state index in [0.29, 0.717) is 41.7 Å². The van der Waals surface area contributed by atoms with Crippen molar-refractivity contribution in [2.24, 2.45) is 5.92 Å². The Morgan fingerprint density at radius 2 is 1.74 bits per heavy atom. The van der Waals surface area contributed by atoms with Crippen molar-refractivity contribution < 1.29 is 33.4 Å². The van der Waals surface area contributed by atoms with E-state index >= 15 is 0 Å². The molecule has 3 atom stereocenters. The van der Waals surface area contributed by atoms with Crippen LogP contribution < -0.4 is 0 Å². The SMILES string of the molecule is CC(=O)OC(c1cc(Br)c(CCCCO)o1)C(Cc1ccccc1)C(=O)N1C(=O)OCC1Cc1ccccc1. The summed E-state index contributed by atoms with van der Waals surface area (Å²) in [6.45, 7) is 1.43. The molecule has 1 fully saturated rings. The van der Waals surface area contributed by atoms with Gasteiger partial charge in [-0.1, -0.05) is 60.7 Å². The maximum absolute atomic E-state index is 14.2. The van der Waals surface area contributed by atoms with E-state index in [9.17, 15) is 14.4 Å². The van der Waals surface area contributed by atoms with Crippen LogP contribution in [-0.4, -0.2) is 47.2 Å². The average Bonchev–Trinajstić information content (AvgIpc) is 3.48. The molecule has 0 radical (unpaired) electrons. The van der Waals surface area contributed by atoms with Gasteiger partial charge in [0, 0.05) is 20.0 Å². The van der Waals surface area contributed by atoms with Gasteiger partial charge in [-0.3, -0.25) is 9.59 Å². The fourth-order valence-electron chi connectivity index (χ4n) is 4.79. The molecule has 3 aromatic rings. The molecule has 1 saturated heterocycles. The fraction of sp³-hybridized carbons (Fsp3) is 0.367. The number of aliphatic hydroxyl groups is 1. The van der Waals surface area contributed by atoms with Crippen molar-refractivity contribution in [3.05, 3.63) is 93.9 Å². The summed E-state index contributed by atoms with van der Waals surface area (Å²) in [5.74, 6) is -1.10. The number of amides is 2. The van der Waals surface area contributed by atoms with Crippen LogP contribution in [0.4, 0.5) is 4.79 Å². The first-order chi connectivity index (χ1) is 18.9. The highest BCUT2D eigenvalue weighted by Gasteiger charge is 2.45. The molecule has 1 aliphatic rings. The number of carbonyl (C=O) groups excluding carboxylic acids is 3. The van der Waals surface area contributed by atoms with Crippen molar-refractivity contribution in [2.75, 3.05) is 13.2 Å². The standard InChI is InChI=1S/C30H32BrNO7/c1-20(34)38-28(27-18-25(31)26(39-27)14-8-9-15-33)24(17-22-12-6-3-7-13-22)29(35)32-23(19-37-30(32)36)16-21-10-4-2-5-11-21/h2-7,10-13,18,23-24,28,33H,8-9,14-17,19H2,1H3. The molecular formula is C30H32BrNO7. The van der Waals surface area contributed by atoms with Crippen LogP contribution in [0.5, 0.6) is 0 Å². The molecule has 0 saturated carbocycles. The molecule has 0 aliphatic carbocycles. The van der Waals surface area contributed by atoms with Gasteiger partial charge in [-0.25, -0.2) is 9.69 Å². The van der Waals surface area contributed by atoms with Gasteiger partial charge in [-0.15, -0.1) is 0 Å². The van der Waals surface area contributed by atoms with Crippen LogP contribution >= 0.6 is 15.9 Å². The van der Waals surface area contributed by atoms with Gasteiger partial charge in [-0.2, -0.15) is 0 Å². The molecule has 3 unspecified atom stereocenters. The van der Waals surface area contributed by atoms with Gasteiger partial charge in [0.05, 0.1) is 16.4 Å². The van der Waals surface area contributed by atoms with Gasteiger partial charge >= 0.3 is 12.1 Å². The minimum atomic E-state index is -1.08. The molecule has 1 aromatic heterocycles. The fourth-order valence-corrected chi connectivity index (χ4v) is 5.29. The van der Waals surface area contributed by atoms with E-state index in [1.165, 1.54) is 6.92 Å². The number of hydrogen-bond donors (Lipinski definition) is 1. The molecule has 0 spiro atoms. The summed E-state index contributed by atoms with van der Waals surface area (Å²) in [5.41, 5.74) is 1.81. The minimum Gasteiger partial charge on any atom is -0.461 e. The monoisotopic (exact) mass is 597 g/mol. The van der Waals surface area contributed by atoms with E-state index in [0.717, 1.165) is 16.0 Å². The molecule has 0 bridgehead atoms. The van der Waals surface area contributed by atoms with Crippen molar-refractivity contribution in [3.8, 4) is 0 Å². The molecule has 8 nitrogen and oxygen atoms in total. The number of aryl methyl sites for hydroxylation is 1. The smallest absolute Gasteiger partial charge is 0.416 e. The largest absolute Gasteiger partial charge is 0.461 e. The molecule has 2 aromatic carbocycles. The average molecular weight is 598 g/mol. The highest BCUT2D eigenvalue weighted by Crippen LogP contribution is 2.37. The number of esters is 1. The van der Waals surface area contributed by atoms with Gasteiger partial charge in [-0.05, 0) is 58.8 Å². The quantitative estimate of drug-likeness (QED) is 0.220. The van der Waals surface area contributed by atoms with Crippen LogP contribution in [0, 0.1) is 5.92 Å². The van der Waals surface area contributed by atoms with Crippen molar-refractivity contribution in [1.29, 1.82) is 0 Å². The molecule has 206 valence electrons. The molecular weight excluding hydrogens is 566 g/mol. The minimum absolute atomic E-state index is 0.0744. The topological polar surface area (TPSA) is 106 Å². The number of aliphatic hydroxyl groups excluding tert-OH is 1. The summed E-state index contributed by atoms with van der Waals surface area (Å²) in [6, 6.07) is 20.2. The van der Waals surface area contributed by atoms with E-state index in [4.69, 9.17) is 19.0 Å². The van der Waals surface area contributed by atoms with Crippen molar-refractivity contribution in [1.82, 2.24) is 4.90 Å². The normalized spacial score (nSPS) is 16.5. The van der Waals surface area contributed by atoms with E-state index in [1.807, 2.05) is 60.7 Å². The number of furan rings is 1. The predicted octanol–water partition coefficient (Wildman–Crippen LogP) is 5.41. The van der Waals surface area contributed by atoms with Crippen LogP contribution in [0.2, 0.25) is 0 Å². The lowest BCUT2D eigenvalue weighted by Crippen LogP contribution is -2.46. The number of carbonyl (C=O) groups is 3. The Morgan fingerprint density at radius 1 is 1.08 bits per heavy atom. The molecule has 1 N–H and O–H groups in total. The second kappa shape index (κ2) is 13.6. The van der Waals surface area contributed by atoms with Gasteiger partial charge in [0.15, 0.2) is 6.10 Å². The Hall–Kier alpha value is -3.43. The zero-order valence-corrected chi connectivity index (χ0v) is 23.3. The van der Waals surface area contributed by atoms with Crippen molar-refractivity contribution in [2.45, 2.75) is 51.2 Å². The van der Waals surface area contributed by atoms with E-state index < -0.39 is 36.0 Å². The molecule has 4 rings (SSSR count). The number of nitrogens with zero attached hydrogens (tertiary/aromatic N) is 1. The zero-order valence-electron chi connectivity index (χ0n) is 21.8. The van der Waals surface area contributed by atoms with Gasteiger partial charge in [0.25, 0.3) is 0 Å². The highest BCUT2D eigenvalue weighted by atomic mass is 79.9. The van der Waals surface area contributed by atoms with Gasteiger partial charge < -0.3 is 19.0 Å². The lowest BCUT2D eigenvalue weighted by Gasteiger charge is -2.29. The Morgan fingerprint density at radius 3 is 2.38 bits per heavy atom. The number of benzene rings is 2. The van der Waals surface area contributed by atoms with Crippen LogP contribution in [0.3, 0.4) is 0 Å². The van der Waals surface area contributed by atoms with Crippen LogP contribution in [0.15, 0.2) is 75.6 Å². The number of cyclic esters (lactones) is 1. The summed E-state index contributed by atoms with van der Waals surface area (Å²) >= 11 is 3.51. The van der Waals surface area contributed by atoms with Crippen molar-refractivity contribution in [3.63, 3.8) is 0 Å². The lowest BCUT2D eigenvalue weighted by atomic mass is 9.90. The molecule has 9 heteroatoms. The highest BCUT2D eigenvalue weighted by molar-refractivity contribution is 9.10. The number of halogens is 1. The number of unbranched alkanes of at least 4 members (excludes halogenated alkanes) is 1. The maximum Gasteiger partial charge on any atom is 0.416 e. The zero-order chi connectivity index (χ0) is 27.8. The Bertz CT molecular complexity index is 1260. The second-order valence-electron chi connectivity index (χ2n) is 9.56. The number of hydrogen-bond acceptors (Lipinski definition) is 7. The molecule has 39 heavy (non-hydrogen) atoms. The summed E-state index contributed by atoms with van der Waals surface area (Å²) in [6.07, 6.45) is 0.726. The summed E-state index contributed by atoms with van der Waals surface area (Å²) in [5, 5.41) is 9.14. The van der Waals surface area contributed by atoms with E-state index in [-0.39, 0.29) is 19.6 Å². The second-order valence-corrected chi connectivity index (χ2v) is 10.4. The van der Waals surface area contributed by atoms with Gasteiger partial charge in [0.2, 0.25) is 5.91 Å². The third kappa shape index (κ3) is 7.36. The van der Waals surface area contributed by atoms with Crippen LogP contribution in [0.1, 0.15) is 48.5 Å². The molecule has 2 heterocycles. The van der Waals surface area contributed by atoms with E-state index in [2.05, 4.69) is 15.9 Å². The number of imide groups is 1. The summed E-state index contributed by atoms with van der Waals surface area (Å²) in [4.78, 5) is 40.5. The number of rotatable bonds is 12. The third-order valence-electron chi connectivity index (χ3n) is 6.66. The van der Waals surface area contributed by atoms with Crippen LogP contribution in [-0.2, 0) is 38.3 Å². The first-order valence-corrected chi connectivity index (χ1v) is 13.8. The predicted molar refractivity (Wildman–Crippen MR) is 147 cm³/mol. The molecule has 2 amide bonds. The summed E-state index contributed by atoms with van der Waals surface area (Å²) in [7, 11) is 0. The Labute approximate surface area is 236 Å². The van der Waals surface area contributed by atoms with E-state index in [1.54, 1.807) is 6.07 Å². The van der Waals surface area contributed by atoms with Gasteiger partial charge in [0.1, 0.15) is 18.1 Å². The van der Waals surface area contributed by atoms with Crippen LogP contribution in [0.25, 0.3) is 0 Å². The van der Waals surface area contributed by atoms with Crippen molar-refractivity contribution >= 4 is 33.9 Å². The first kappa shape index (κ1) is 28.6. The lowest BCUT2D eigenvalue weighted by molar-refractivity contribution is -0.155. The number of ether oxygens (including phenoxy) is 2.